The van der Waals surface area contributed by atoms with Gasteiger partial charge in [-0.25, -0.2) is 9.59 Å². The molecule has 0 aliphatic heterocycles. The molecule has 0 aromatic rings. The Morgan fingerprint density at radius 1 is 0.389 bits per heavy atom. The van der Waals surface area contributed by atoms with Crippen molar-refractivity contribution in [3.8, 4) is 0 Å². The SMILES string of the molecule is CC(C)C[C@H](N)C(=O)O[C@H](C)[C@H](N)C(=O)O[C@H](C)[C@H](N)C(=O)O.CC(C)[C@H](N)C(=O)O.C[C@H](N)C(=O)O.C[C@H](N)C(=O)OC(=O)[C@@H](N)CCC(N)=O.N[C@@H](CCC(=O)O)C(=O)O.N[C@@H](CCC(=O)O)C(=O)O. The molecule has 27 N–H and O–H groups in total. The van der Waals surface area contributed by atoms with Gasteiger partial charge < -0.3 is 107 Å². The maximum absolute atomic E-state index is 11.8. The highest BCUT2D eigenvalue weighted by Gasteiger charge is 2.31. The normalized spacial score (nSPS) is 14.8. The molecule has 0 spiro atoms. The highest BCUT2D eigenvalue weighted by Crippen LogP contribution is 2.09. The average molecular weight is 1050 g/mol. The van der Waals surface area contributed by atoms with E-state index in [9.17, 15) is 57.5 Å². The summed E-state index contributed by atoms with van der Waals surface area (Å²) in [5.74, 6) is -11.3. The predicted molar refractivity (Wildman–Crippen MR) is 250 cm³/mol. The summed E-state index contributed by atoms with van der Waals surface area (Å²) in [6.45, 7) is 12.9. The summed E-state index contributed by atoms with van der Waals surface area (Å²) < 4.78 is 14.2. The minimum atomic E-state index is -1.37. The first-order valence-electron chi connectivity index (χ1n) is 21.4. The number of carbonyl (C=O) groups is 12. The second-order valence-corrected chi connectivity index (χ2v) is 16.0. The van der Waals surface area contributed by atoms with Crippen LogP contribution in [-0.2, 0) is 71.7 Å². The second-order valence-electron chi connectivity index (χ2n) is 16.0. The van der Waals surface area contributed by atoms with E-state index in [0.29, 0.717) is 6.42 Å². The molecule has 32 nitrogen and oxygen atoms in total. The quantitative estimate of drug-likeness (QED) is 0.0231. The van der Waals surface area contributed by atoms with E-state index in [-0.39, 0.29) is 50.4 Å². The van der Waals surface area contributed by atoms with Crippen molar-refractivity contribution in [3.05, 3.63) is 0 Å². The molecule has 0 rings (SSSR count). The number of nitrogens with two attached hydrogens (primary N) is 10. The Morgan fingerprint density at radius 3 is 1.00 bits per heavy atom. The van der Waals surface area contributed by atoms with E-state index in [1.54, 1.807) is 13.8 Å². The Morgan fingerprint density at radius 2 is 0.736 bits per heavy atom. The number of rotatable bonds is 25. The van der Waals surface area contributed by atoms with Crippen molar-refractivity contribution in [2.45, 2.75) is 167 Å². The third-order valence-corrected chi connectivity index (χ3v) is 8.14. The number of ether oxygens (including phenoxy) is 3. The average Bonchev–Trinajstić information content (AvgIpc) is 3.25. The summed E-state index contributed by atoms with van der Waals surface area (Å²) in [5, 5.41) is 57.4. The van der Waals surface area contributed by atoms with Crippen LogP contribution in [-0.4, -0.2) is 174 Å². The van der Waals surface area contributed by atoms with Gasteiger partial charge in [-0.3, -0.25) is 47.9 Å². The van der Waals surface area contributed by atoms with E-state index in [0.717, 1.165) is 0 Å². The minimum absolute atomic E-state index is 0.0208. The van der Waals surface area contributed by atoms with Gasteiger partial charge in [-0.2, -0.15) is 0 Å². The van der Waals surface area contributed by atoms with Crippen molar-refractivity contribution in [1.29, 1.82) is 0 Å². The van der Waals surface area contributed by atoms with Crippen LogP contribution in [0.3, 0.4) is 0 Å². The zero-order valence-corrected chi connectivity index (χ0v) is 41.5. The van der Waals surface area contributed by atoms with Gasteiger partial charge in [0, 0.05) is 19.3 Å². The number of carbonyl (C=O) groups excluding carboxylic acids is 5. The van der Waals surface area contributed by atoms with Gasteiger partial charge in [0.2, 0.25) is 5.91 Å². The van der Waals surface area contributed by atoms with E-state index in [4.69, 9.17) is 103 Å². The number of hydrogen-bond acceptors (Lipinski definition) is 24. The molecule has 72 heavy (non-hydrogen) atoms. The molecule has 0 aliphatic carbocycles. The maximum atomic E-state index is 11.8. The maximum Gasteiger partial charge on any atom is 0.330 e. The lowest BCUT2D eigenvalue weighted by Gasteiger charge is -2.24. The molecule has 420 valence electrons. The fraction of sp³-hybridized carbons (Fsp3) is 0.700. The molecule has 0 radical (unpaired) electrons. The lowest BCUT2D eigenvalue weighted by atomic mass is 10.0. The van der Waals surface area contributed by atoms with Crippen molar-refractivity contribution in [2.24, 2.45) is 69.2 Å². The molecule has 0 fully saturated rings. The zero-order valence-electron chi connectivity index (χ0n) is 41.5. The summed E-state index contributed by atoms with van der Waals surface area (Å²) in [7, 11) is 0. The molecule has 0 unspecified atom stereocenters. The number of hydrogen-bond donors (Lipinski definition) is 17. The smallest absolute Gasteiger partial charge is 0.330 e. The number of aliphatic carboxylic acids is 7. The zero-order chi connectivity index (χ0) is 58.5. The largest absolute Gasteiger partial charge is 0.481 e. The van der Waals surface area contributed by atoms with Crippen molar-refractivity contribution >= 4 is 71.6 Å². The van der Waals surface area contributed by atoms with Crippen LogP contribution in [0.4, 0.5) is 0 Å². The second kappa shape index (κ2) is 42.2. The van der Waals surface area contributed by atoms with Gasteiger partial charge in [-0.1, -0.05) is 27.7 Å². The van der Waals surface area contributed by atoms with Gasteiger partial charge in [-0.05, 0) is 65.2 Å². The molecule has 0 saturated carbocycles. The van der Waals surface area contributed by atoms with Crippen LogP contribution in [0.1, 0.15) is 100 Å². The van der Waals surface area contributed by atoms with Crippen LogP contribution in [0.2, 0.25) is 0 Å². The summed E-state index contributed by atoms with van der Waals surface area (Å²) in [5.41, 5.74) is 52.0. The van der Waals surface area contributed by atoms with Crippen LogP contribution in [0.15, 0.2) is 0 Å². The standard InChI is InChI=1S/C14H27N3O6.C8H15N3O4.2C5H9NO4.C5H11NO2.C3H7NO2/c1-6(2)5-9(15)13(20)22-8(4)11(17)14(21)23-7(3)10(16)12(18)19;1-4(9)7(13)15-8(14)5(10)2-3-6(11)12;2*6-3(5(9)10)1-2-4(7)8;1-3(2)4(6)5(7)8;1-2(4)3(5)6/h6-11H,5,15-17H2,1-4H3,(H,18,19);4-5H,2-3,9-10H2,1H3,(H2,11,12);2*3H,1-2,6H2,(H,7,8)(H,9,10);3-4H,6H2,1-2H3,(H,7,8);2H,4H2,1H3,(H,5,6)/t7-,8-,9+,10+,11+;4-,5-;2*3-;4-;2-/m100000/s1. The topological polar surface area (TPSA) is 634 Å². The van der Waals surface area contributed by atoms with Crippen LogP contribution in [0.5, 0.6) is 0 Å². The first-order valence-corrected chi connectivity index (χ1v) is 21.4. The first kappa shape index (κ1) is 77.0. The number of primary amides is 1. The number of amides is 1. The Kier molecular flexibility index (Phi) is 45.1. The van der Waals surface area contributed by atoms with Crippen molar-refractivity contribution in [2.75, 3.05) is 0 Å². The fourth-order valence-corrected chi connectivity index (χ4v) is 3.45. The summed E-state index contributed by atoms with van der Waals surface area (Å²) in [6.07, 6.45) is -2.05. The van der Waals surface area contributed by atoms with Crippen molar-refractivity contribution in [1.82, 2.24) is 0 Å². The summed E-state index contributed by atoms with van der Waals surface area (Å²) >= 11 is 0. The van der Waals surface area contributed by atoms with Gasteiger partial charge in [0.05, 0.1) is 0 Å². The third-order valence-electron chi connectivity index (χ3n) is 8.14. The van der Waals surface area contributed by atoms with Gasteiger partial charge in [0.15, 0.2) is 0 Å². The molecule has 0 bridgehead atoms. The van der Waals surface area contributed by atoms with Gasteiger partial charge in [0.25, 0.3) is 0 Å². The van der Waals surface area contributed by atoms with E-state index in [1.165, 1.54) is 27.7 Å². The Bertz CT molecular complexity index is 1680. The van der Waals surface area contributed by atoms with Gasteiger partial charge >= 0.3 is 65.7 Å². The molecule has 0 aromatic carbocycles. The number of esters is 4. The number of carboxylic acids is 7. The molecule has 0 aliphatic rings. The molecular formula is C40H78N10O22. The molecule has 0 aromatic heterocycles. The lowest BCUT2D eigenvalue weighted by Crippen LogP contribution is -2.49. The fourth-order valence-electron chi connectivity index (χ4n) is 3.45. The summed E-state index contributed by atoms with van der Waals surface area (Å²) in [6, 6.07) is -8.94. The minimum Gasteiger partial charge on any atom is -0.481 e. The highest BCUT2D eigenvalue weighted by atomic mass is 16.6. The van der Waals surface area contributed by atoms with Gasteiger partial charge in [-0.15, -0.1) is 0 Å². The van der Waals surface area contributed by atoms with E-state index >= 15 is 0 Å². The van der Waals surface area contributed by atoms with E-state index < -0.39 is 138 Å². The molecule has 32 heteroatoms. The van der Waals surface area contributed by atoms with Gasteiger partial charge in [0.1, 0.15) is 66.6 Å². The van der Waals surface area contributed by atoms with Crippen molar-refractivity contribution < 1.29 is 107 Å². The van der Waals surface area contributed by atoms with Crippen molar-refractivity contribution in [3.63, 3.8) is 0 Å². The predicted octanol–water partition coefficient (Wildman–Crippen LogP) is -5.04. The molecule has 0 heterocycles. The van der Waals surface area contributed by atoms with Crippen LogP contribution < -0.4 is 57.3 Å². The Hall–Kier alpha value is -6.52. The van der Waals surface area contributed by atoms with Crippen LogP contribution in [0.25, 0.3) is 0 Å². The molecule has 11 atom stereocenters. The lowest BCUT2D eigenvalue weighted by molar-refractivity contribution is -0.163. The van der Waals surface area contributed by atoms with Crippen LogP contribution >= 0.6 is 0 Å². The van der Waals surface area contributed by atoms with E-state index in [1.807, 2.05) is 13.8 Å². The number of carboxylic acid groups (broad SMARTS) is 7. The third kappa shape index (κ3) is 47.2. The Labute approximate surface area is 414 Å². The first-order chi connectivity index (χ1) is 32.6. The monoisotopic (exact) mass is 1050 g/mol. The van der Waals surface area contributed by atoms with Crippen LogP contribution in [0, 0.1) is 11.8 Å². The summed E-state index contributed by atoms with van der Waals surface area (Å²) in [4.78, 5) is 126. The molecule has 0 saturated heterocycles. The highest BCUT2D eigenvalue weighted by molar-refractivity contribution is 5.90. The Balaban J connectivity index is -0.000000193. The van der Waals surface area contributed by atoms with E-state index in [2.05, 4.69) is 4.74 Å². The molecule has 1 amide bonds. The molecular weight excluding hydrogens is 972 g/mol.